The van der Waals surface area contributed by atoms with Gasteiger partial charge in [-0.25, -0.2) is 4.98 Å². The van der Waals surface area contributed by atoms with E-state index in [-0.39, 0.29) is 11.7 Å². The summed E-state index contributed by atoms with van der Waals surface area (Å²) in [4.78, 5) is 17.1. The second kappa shape index (κ2) is 10.5. The Morgan fingerprint density at radius 2 is 1.75 bits per heavy atom. The lowest BCUT2D eigenvalue weighted by Gasteiger charge is -2.13. The minimum absolute atomic E-state index is 0.136. The molecule has 1 heterocycles. The molecule has 0 spiro atoms. The molecule has 1 aromatic heterocycles. The number of benzene rings is 3. The predicted octanol–water partition coefficient (Wildman–Crippen LogP) is 7.29. The van der Waals surface area contributed by atoms with E-state index in [1.165, 1.54) is 11.8 Å². The Hall–Kier alpha value is -2.44. The van der Waals surface area contributed by atoms with Gasteiger partial charge in [-0.3, -0.25) is 4.79 Å². The van der Waals surface area contributed by atoms with Crippen LogP contribution in [0.4, 0.5) is 5.69 Å². The van der Waals surface area contributed by atoms with E-state index < -0.39 is 0 Å². The van der Waals surface area contributed by atoms with Crippen molar-refractivity contribution in [1.29, 1.82) is 0 Å². The highest BCUT2D eigenvalue weighted by Crippen LogP contribution is 2.31. The number of carbonyl (C=O) groups excluding carboxylic acids is 1. The maximum absolute atomic E-state index is 12.5. The summed E-state index contributed by atoms with van der Waals surface area (Å²) < 4.78 is 2.08. The Balaban J connectivity index is 1.57. The minimum atomic E-state index is -0.136. The molecule has 0 aliphatic rings. The van der Waals surface area contributed by atoms with Gasteiger partial charge >= 0.3 is 0 Å². The third kappa shape index (κ3) is 5.67. The number of carbonyl (C=O) groups is 1. The third-order valence-electron chi connectivity index (χ3n) is 4.66. The van der Waals surface area contributed by atoms with E-state index in [9.17, 15) is 4.79 Å². The van der Waals surface area contributed by atoms with Crippen molar-refractivity contribution in [2.45, 2.75) is 11.7 Å². The molecule has 4 rings (SSSR count). The number of halogens is 3. The van der Waals surface area contributed by atoms with E-state index in [4.69, 9.17) is 34.8 Å². The van der Waals surface area contributed by atoms with Crippen LogP contribution in [0, 0.1) is 0 Å². The van der Waals surface area contributed by atoms with Crippen LogP contribution in [0.5, 0.6) is 0 Å². The summed E-state index contributed by atoms with van der Waals surface area (Å²) in [7, 11) is 0. The van der Waals surface area contributed by atoms with Crippen molar-refractivity contribution < 1.29 is 4.79 Å². The number of hydrogen-bond acceptors (Lipinski definition) is 3. The molecule has 0 unspecified atom stereocenters. The number of rotatable bonds is 7. The average molecular weight is 503 g/mol. The fraction of sp³-hybridized carbons (Fsp3) is 0.0833. The zero-order chi connectivity index (χ0) is 22.5. The normalized spacial score (nSPS) is 10.8. The molecular formula is C24H18Cl3N3OS. The summed E-state index contributed by atoms with van der Waals surface area (Å²) >= 11 is 19.7. The van der Waals surface area contributed by atoms with Crippen LogP contribution in [0.2, 0.25) is 15.1 Å². The summed E-state index contributed by atoms with van der Waals surface area (Å²) in [6, 6.07) is 22.6. The van der Waals surface area contributed by atoms with Gasteiger partial charge in [0.1, 0.15) is 0 Å². The molecule has 0 aliphatic carbocycles. The molecular weight excluding hydrogens is 485 g/mol. The molecule has 0 radical (unpaired) electrons. The van der Waals surface area contributed by atoms with Crippen LogP contribution in [-0.4, -0.2) is 21.2 Å². The summed E-state index contributed by atoms with van der Waals surface area (Å²) in [6.07, 6.45) is 1.79. The first-order valence-corrected chi connectivity index (χ1v) is 11.8. The van der Waals surface area contributed by atoms with Gasteiger partial charge in [-0.1, -0.05) is 89.0 Å². The van der Waals surface area contributed by atoms with E-state index in [0.717, 1.165) is 22.0 Å². The summed E-state index contributed by atoms with van der Waals surface area (Å²) in [5.74, 6) is 0.0710. The molecule has 0 atom stereocenters. The molecule has 0 aliphatic heterocycles. The van der Waals surface area contributed by atoms with Gasteiger partial charge in [-0.15, -0.1) is 0 Å². The van der Waals surface area contributed by atoms with Gasteiger partial charge in [0.25, 0.3) is 0 Å². The summed E-state index contributed by atoms with van der Waals surface area (Å²) in [6.45, 7) is 0.606. The highest BCUT2D eigenvalue weighted by molar-refractivity contribution is 7.99. The van der Waals surface area contributed by atoms with Crippen LogP contribution >= 0.6 is 46.6 Å². The average Bonchev–Trinajstić information content (AvgIpc) is 3.17. The van der Waals surface area contributed by atoms with E-state index in [1.54, 1.807) is 36.5 Å². The van der Waals surface area contributed by atoms with E-state index in [0.29, 0.717) is 27.3 Å². The van der Waals surface area contributed by atoms with E-state index in [2.05, 4.69) is 27.0 Å². The lowest BCUT2D eigenvalue weighted by atomic mass is 10.1. The topological polar surface area (TPSA) is 46.9 Å². The van der Waals surface area contributed by atoms with Gasteiger partial charge in [0, 0.05) is 16.3 Å². The molecule has 0 saturated carbocycles. The standard InChI is InChI=1S/C24H18Cl3N3OS/c25-18-7-4-8-19(12-18)29-23(31)15-32-24-28-13-22(17-9-10-20(26)21(27)11-17)30(24)14-16-5-2-1-3-6-16/h1-13H,14-15H2,(H,29,31). The molecule has 4 aromatic rings. The van der Waals surface area contributed by atoms with Crippen molar-refractivity contribution in [3.05, 3.63) is 99.6 Å². The number of hydrogen-bond donors (Lipinski definition) is 1. The monoisotopic (exact) mass is 501 g/mol. The smallest absolute Gasteiger partial charge is 0.234 e. The summed E-state index contributed by atoms with van der Waals surface area (Å²) in [5, 5.41) is 5.14. The lowest BCUT2D eigenvalue weighted by Crippen LogP contribution is -2.14. The SMILES string of the molecule is O=C(CSc1ncc(-c2ccc(Cl)c(Cl)c2)n1Cc1ccccc1)Nc1cccc(Cl)c1. The Bertz CT molecular complexity index is 1240. The number of imidazole rings is 1. The van der Waals surface area contributed by atoms with Crippen LogP contribution in [0.1, 0.15) is 5.56 Å². The number of nitrogens with one attached hydrogen (secondary N) is 1. The van der Waals surface area contributed by atoms with Crippen LogP contribution in [0.25, 0.3) is 11.3 Å². The number of anilines is 1. The van der Waals surface area contributed by atoms with Crippen molar-refractivity contribution in [1.82, 2.24) is 9.55 Å². The van der Waals surface area contributed by atoms with Crippen molar-refractivity contribution in [2.75, 3.05) is 11.1 Å². The number of amides is 1. The van der Waals surface area contributed by atoms with Crippen molar-refractivity contribution in [3.63, 3.8) is 0 Å². The number of thioether (sulfide) groups is 1. The van der Waals surface area contributed by atoms with Crippen molar-refractivity contribution in [3.8, 4) is 11.3 Å². The van der Waals surface area contributed by atoms with Crippen LogP contribution in [0.3, 0.4) is 0 Å². The molecule has 8 heteroatoms. The van der Waals surface area contributed by atoms with Gasteiger partial charge in [-0.2, -0.15) is 0 Å². The van der Waals surface area contributed by atoms with Crippen LogP contribution < -0.4 is 5.32 Å². The van der Waals surface area contributed by atoms with Crippen LogP contribution in [-0.2, 0) is 11.3 Å². The predicted molar refractivity (Wildman–Crippen MR) is 134 cm³/mol. The fourth-order valence-corrected chi connectivity index (χ4v) is 4.44. The van der Waals surface area contributed by atoms with Crippen molar-refractivity contribution >= 4 is 58.2 Å². The first-order valence-electron chi connectivity index (χ1n) is 9.72. The maximum Gasteiger partial charge on any atom is 0.234 e. The highest BCUT2D eigenvalue weighted by atomic mass is 35.5. The first-order chi connectivity index (χ1) is 15.5. The molecule has 162 valence electrons. The Morgan fingerprint density at radius 3 is 2.50 bits per heavy atom. The second-order valence-electron chi connectivity index (χ2n) is 6.97. The first kappa shape index (κ1) is 22.7. The molecule has 32 heavy (non-hydrogen) atoms. The van der Waals surface area contributed by atoms with Gasteiger partial charge in [0.15, 0.2) is 5.16 Å². The molecule has 4 nitrogen and oxygen atoms in total. The minimum Gasteiger partial charge on any atom is -0.325 e. The quantitative estimate of drug-likeness (QED) is 0.270. The van der Waals surface area contributed by atoms with E-state index >= 15 is 0 Å². The molecule has 0 fully saturated rings. The largest absolute Gasteiger partial charge is 0.325 e. The Morgan fingerprint density at radius 1 is 0.938 bits per heavy atom. The zero-order valence-corrected chi connectivity index (χ0v) is 19.8. The van der Waals surface area contributed by atoms with Gasteiger partial charge in [0.2, 0.25) is 5.91 Å². The molecule has 0 bridgehead atoms. The fourth-order valence-electron chi connectivity index (χ4n) is 3.17. The number of aromatic nitrogens is 2. The second-order valence-corrected chi connectivity index (χ2v) is 9.17. The van der Waals surface area contributed by atoms with Crippen molar-refractivity contribution in [2.24, 2.45) is 0 Å². The highest BCUT2D eigenvalue weighted by Gasteiger charge is 2.15. The lowest BCUT2D eigenvalue weighted by molar-refractivity contribution is -0.113. The summed E-state index contributed by atoms with van der Waals surface area (Å²) in [5.41, 5.74) is 3.58. The Kier molecular flexibility index (Phi) is 7.43. The third-order valence-corrected chi connectivity index (χ3v) is 6.62. The van der Waals surface area contributed by atoms with Gasteiger partial charge in [0.05, 0.1) is 34.2 Å². The van der Waals surface area contributed by atoms with Gasteiger partial charge in [-0.05, 0) is 35.9 Å². The molecule has 3 aromatic carbocycles. The van der Waals surface area contributed by atoms with E-state index in [1.807, 2.05) is 30.3 Å². The van der Waals surface area contributed by atoms with Gasteiger partial charge < -0.3 is 9.88 Å². The maximum atomic E-state index is 12.5. The molecule has 1 amide bonds. The Labute approximate surface area is 205 Å². The number of nitrogens with zero attached hydrogens (tertiary/aromatic N) is 2. The molecule has 0 saturated heterocycles. The van der Waals surface area contributed by atoms with Crippen LogP contribution in [0.15, 0.2) is 84.1 Å². The molecule has 1 N–H and O–H groups in total. The zero-order valence-electron chi connectivity index (χ0n) is 16.8.